The number of aliphatic hydroxyl groups excluding tert-OH is 3. The number of hydrogen-bond donors (Lipinski definition) is 6. The van der Waals surface area contributed by atoms with E-state index in [0.29, 0.717) is 38.3 Å². The van der Waals surface area contributed by atoms with Crippen LogP contribution in [0.2, 0.25) is 0 Å². The van der Waals surface area contributed by atoms with E-state index in [1.165, 1.54) is 20.3 Å². The summed E-state index contributed by atoms with van der Waals surface area (Å²) < 4.78 is 57.5. The first-order valence-electron chi connectivity index (χ1n) is 24.6. The van der Waals surface area contributed by atoms with Gasteiger partial charge in [-0.2, -0.15) is 0 Å². The number of sulfone groups is 1. The first-order valence-corrected chi connectivity index (χ1v) is 26.5. The van der Waals surface area contributed by atoms with E-state index in [-0.39, 0.29) is 36.2 Å². The van der Waals surface area contributed by atoms with E-state index in [9.17, 15) is 38.7 Å². The summed E-state index contributed by atoms with van der Waals surface area (Å²) >= 11 is 0. The highest BCUT2D eigenvalue weighted by atomic mass is 32.2. The van der Waals surface area contributed by atoms with Crippen LogP contribution < -0.4 is 5.32 Å². The van der Waals surface area contributed by atoms with Gasteiger partial charge in [0, 0.05) is 56.6 Å². The lowest BCUT2D eigenvalue weighted by atomic mass is 9.68. The van der Waals surface area contributed by atoms with Gasteiger partial charge in [0.15, 0.2) is 16.1 Å². The molecule has 6 N–H and O–H groups in total. The van der Waals surface area contributed by atoms with Crippen molar-refractivity contribution < 1.29 is 62.4 Å². The quantitative estimate of drug-likeness (QED) is 0.158. The lowest BCUT2D eigenvalue weighted by molar-refractivity contribution is -0.303. The second kappa shape index (κ2) is 22.9. The predicted molar refractivity (Wildman–Crippen MR) is 259 cm³/mol. The van der Waals surface area contributed by atoms with Gasteiger partial charge in [-0.15, -0.1) is 5.10 Å². The molecular weight excluding hydrogens is 913 g/mol. The molecule has 1 aromatic heterocycles. The normalized spacial score (nSPS) is 40.5. The Balaban J connectivity index is 1.43. The van der Waals surface area contributed by atoms with Crippen molar-refractivity contribution in [3.05, 3.63) is 36.2 Å². The van der Waals surface area contributed by atoms with E-state index in [1.807, 2.05) is 50.9 Å². The number of benzene rings is 1. The van der Waals surface area contributed by atoms with E-state index >= 15 is 0 Å². The monoisotopic (exact) mass is 997 g/mol. The summed E-state index contributed by atoms with van der Waals surface area (Å²) in [5.41, 5.74) is -3.07. The maximum absolute atomic E-state index is 14.6. The number of rotatable bonds is 13. The van der Waals surface area contributed by atoms with Crippen LogP contribution in [-0.2, 0) is 51.4 Å². The van der Waals surface area contributed by atoms with Crippen molar-refractivity contribution in [1.82, 2.24) is 24.8 Å². The number of aliphatic hydroxyl groups is 5. The standard InChI is InChI=1S/C49H84N6O13S/c1-15-39-49(10,61)42(57)32(6)54(12)26-28(2)23-47(8,60)44(30(4)40(31(5)45(59)67-39)38-24-48(9,64-13)43(58)33(7)66-38)68-46-41(56)37(22-29(3)65-46)53(11)20-21-55-27-35(51-52-55)25-50-34-16-18-36(19-17-34)69(14,62)63/h16-19,27-33,37-44,46,50,56-58,60-61H,15,20-26H2,1-14H3/t28-,29-,30+,31-,32-,33+,37+,38-,39-,40?,41-,42-,43+,44-,46+,47-,48-,49-/m1/s1. The van der Waals surface area contributed by atoms with Crippen LogP contribution in [0.1, 0.15) is 101 Å². The SMILES string of the molecule is CC[C@H]1OC(=O)[C@H](C)C([C@H]2C[C@@](C)(OC)[C@@H](O)[C@H](C)O2)[C@H](C)[C@@H](O[C@@H]2O[C@H](C)C[C@H](N(C)CCn3cc(CNc4ccc(S(C)(=O)=O)cc4)nn3)[C@H]2O)[C@](C)(O)C[C@@H](C)CN(C)[C@H](C)[C@@H](O)[C@]1(C)O. The van der Waals surface area contributed by atoms with Crippen molar-refractivity contribution >= 4 is 21.5 Å². The minimum atomic E-state index is -3.30. The molecule has 0 aliphatic carbocycles. The Kier molecular flexibility index (Phi) is 18.9. The highest BCUT2D eigenvalue weighted by Gasteiger charge is 2.55. The van der Waals surface area contributed by atoms with Crippen molar-refractivity contribution in [2.75, 3.05) is 45.9 Å². The first kappa shape index (κ1) is 57.0. The molecule has 3 aliphatic rings. The third-order valence-electron chi connectivity index (χ3n) is 15.5. The van der Waals surface area contributed by atoms with Crippen LogP contribution in [0.4, 0.5) is 5.69 Å². The van der Waals surface area contributed by atoms with Crippen LogP contribution in [0.25, 0.3) is 0 Å². The average molecular weight is 997 g/mol. The molecule has 18 atom stereocenters. The van der Waals surface area contributed by atoms with Crippen LogP contribution in [0.15, 0.2) is 35.4 Å². The number of likely N-dealkylation sites (N-methyl/N-ethyl adjacent to an activating group) is 2. The Labute approximate surface area is 410 Å². The summed E-state index contributed by atoms with van der Waals surface area (Å²) in [6.45, 7) is 19.6. The second-order valence-electron chi connectivity index (χ2n) is 21.4. The van der Waals surface area contributed by atoms with E-state index in [2.05, 4.69) is 15.6 Å². The number of nitrogens with one attached hydrogen (secondary N) is 1. The fraction of sp³-hybridized carbons (Fsp3) is 0.816. The van der Waals surface area contributed by atoms with Gasteiger partial charge in [0.05, 0.1) is 65.7 Å². The van der Waals surface area contributed by atoms with Gasteiger partial charge in [0.1, 0.15) is 35.7 Å². The van der Waals surface area contributed by atoms with Gasteiger partial charge in [-0.25, -0.2) is 8.42 Å². The maximum Gasteiger partial charge on any atom is 0.309 e. The Morgan fingerprint density at radius 1 is 0.986 bits per heavy atom. The largest absolute Gasteiger partial charge is 0.459 e. The summed E-state index contributed by atoms with van der Waals surface area (Å²) in [6, 6.07) is 5.49. The average Bonchev–Trinajstić information content (AvgIpc) is 3.74. The third-order valence-corrected chi connectivity index (χ3v) is 16.6. The summed E-state index contributed by atoms with van der Waals surface area (Å²) in [7, 11) is 1.97. The Morgan fingerprint density at radius 3 is 2.25 bits per heavy atom. The van der Waals surface area contributed by atoms with E-state index in [1.54, 1.807) is 70.5 Å². The maximum atomic E-state index is 14.6. The minimum Gasteiger partial charge on any atom is -0.459 e. The van der Waals surface area contributed by atoms with Crippen LogP contribution >= 0.6 is 0 Å². The van der Waals surface area contributed by atoms with Crippen LogP contribution in [0.3, 0.4) is 0 Å². The number of anilines is 1. The zero-order chi connectivity index (χ0) is 51.6. The van der Waals surface area contributed by atoms with Gasteiger partial charge < -0.3 is 59.4 Å². The van der Waals surface area contributed by atoms with Gasteiger partial charge in [-0.3, -0.25) is 14.4 Å². The van der Waals surface area contributed by atoms with Crippen molar-refractivity contribution in [3.63, 3.8) is 0 Å². The second-order valence-corrected chi connectivity index (χ2v) is 23.4. The van der Waals surface area contributed by atoms with Crippen molar-refractivity contribution in [2.45, 2.75) is 197 Å². The topological polar surface area (TPSA) is 248 Å². The summed E-state index contributed by atoms with van der Waals surface area (Å²) in [5, 5.41) is 71.8. The molecule has 19 nitrogen and oxygen atoms in total. The number of nitrogens with zero attached hydrogens (tertiary/aromatic N) is 5. The van der Waals surface area contributed by atoms with Gasteiger partial charge in [0.2, 0.25) is 0 Å². The fourth-order valence-corrected chi connectivity index (χ4v) is 11.8. The number of ether oxygens (including phenoxy) is 5. The molecule has 1 unspecified atom stereocenters. The Morgan fingerprint density at radius 2 is 1.64 bits per heavy atom. The molecule has 0 saturated carbocycles. The molecule has 0 bridgehead atoms. The zero-order valence-electron chi connectivity index (χ0n) is 43.4. The molecule has 0 radical (unpaired) electrons. The molecule has 69 heavy (non-hydrogen) atoms. The van der Waals surface area contributed by atoms with E-state index in [0.717, 1.165) is 5.69 Å². The highest BCUT2D eigenvalue weighted by molar-refractivity contribution is 7.90. The summed E-state index contributed by atoms with van der Waals surface area (Å²) in [5.74, 6) is -3.19. The van der Waals surface area contributed by atoms with Gasteiger partial charge >= 0.3 is 5.97 Å². The summed E-state index contributed by atoms with van der Waals surface area (Å²) in [6.07, 6.45) is -4.53. The Hall–Kier alpha value is -2.86. The van der Waals surface area contributed by atoms with Gasteiger partial charge in [-0.1, -0.05) is 32.9 Å². The molecule has 1 aromatic carbocycles. The highest BCUT2D eigenvalue weighted by Crippen LogP contribution is 2.45. The molecule has 394 valence electrons. The first-order chi connectivity index (χ1) is 32.0. The molecule has 2 aromatic rings. The molecule has 3 saturated heterocycles. The van der Waals surface area contributed by atoms with E-state index in [4.69, 9.17) is 23.7 Å². The van der Waals surface area contributed by atoms with E-state index < -0.39 is 111 Å². The predicted octanol–water partition coefficient (Wildman–Crippen LogP) is 2.85. The van der Waals surface area contributed by atoms with Gasteiger partial charge in [0.25, 0.3) is 0 Å². The number of carbonyl (C=O) groups excluding carboxylic acids is 1. The van der Waals surface area contributed by atoms with Crippen molar-refractivity contribution in [2.24, 2.45) is 23.7 Å². The Bertz CT molecular complexity index is 2080. The smallest absolute Gasteiger partial charge is 0.309 e. The molecule has 3 aliphatic heterocycles. The van der Waals surface area contributed by atoms with Gasteiger partial charge in [-0.05, 0) is 111 Å². The molecule has 0 spiro atoms. The number of cyclic esters (lactones) is 1. The third kappa shape index (κ3) is 13.4. The molecule has 5 rings (SSSR count). The molecule has 4 heterocycles. The molecule has 0 amide bonds. The minimum absolute atomic E-state index is 0.181. The lowest BCUT2D eigenvalue weighted by Crippen LogP contribution is -2.62. The number of carbonyl (C=O) groups is 1. The molecule has 20 heteroatoms. The van der Waals surface area contributed by atoms with Crippen molar-refractivity contribution in [3.8, 4) is 0 Å². The lowest BCUT2D eigenvalue weighted by Gasteiger charge is -2.51. The van der Waals surface area contributed by atoms with Crippen LogP contribution in [-0.4, -0.2) is 189 Å². The molecular formula is C49H84N6O13S. The molecule has 3 fully saturated rings. The summed E-state index contributed by atoms with van der Waals surface area (Å²) in [4.78, 5) is 18.8. The van der Waals surface area contributed by atoms with Crippen LogP contribution in [0, 0.1) is 23.7 Å². The zero-order valence-corrected chi connectivity index (χ0v) is 44.2. The van der Waals surface area contributed by atoms with Crippen molar-refractivity contribution in [1.29, 1.82) is 0 Å². The fourth-order valence-electron chi connectivity index (χ4n) is 11.2. The number of aromatic nitrogens is 3. The van der Waals surface area contributed by atoms with Crippen LogP contribution in [0.5, 0.6) is 0 Å². The number of esters is 1. The number of hydrogen-bond acceptors (Lipinski definition) is 18. The number of methoxy groups -OCH3 is 1.